The van der Waals surface area contributed by atoms with Gasteiger partial charge in [0.1, 0.15) is 11.6 Å². The van der Waals surface area contributed by atoms with Crippen LogP contribution in [0, 0.1) is 5.82 Å². The third kappa shape index (κ3) is 4.45. The first-order valence-corrected chi connectivity index (χ1v) is 10.2. The molecular weight excluding hydrogens is 373 g/mol. The van der Waals surface area contributed by atoms with Crippen LogP contribution in [-0.2, 0) is 6.54 Å². The number of thiocarbonyl (C=S) groups is 1. The fraction of sp³-hybridized carbons (Fsp3) is 0.409. The summed E-state index contributed by atoms with van der Waals surface area (Å²) >= 11 is 5.53. The summed E-state index contributed by atoms with van der Waals surface area (Å²) in [6.07, 6.45) is 4.61. The van der Waals surface area contributed by atoms with Crippen molar-refractivity contribution in [2.24, 2.45) is 0 Å². The van der Waals surface area contributed by atoms with E-state index in [9.17, 15) is 4.39 Å². The van der Waals surface area contributed by atoms with Crippen LogP contribution >= 0.6 is 12.2 Å². The topological polar surface area (TPSA) is 36.5 Å². The van der Waals surface area contributed by atoms with Crippen molar-refractivity contribution >= 4 is 23.0 Å². The highest BCUT2D eigenvalue weighted by atomic mass is 32.1. The van der Waals surface area contributed by atoms with Crippen LogP contribution in [0.2, 0.25) is 0 Å². The molecule has 4 nitrogen and oxygen atoms in total. The van der Waals surface area contributed by atoms with Crippen LogP contribution in [0.5, 0.6) is 5.75 Å². The molecule has 2 heterocycles. The molecule has 2 N–H and O–H groups in total. The van der Waals surface area contributed by atoms with Gasteiger partial charge in [0.2, 0.25) is 0 Å². The minimum Gasteiger partial charge on any atom is -0.497 e. The Kier molecular flexibility index (Phi) is 5.78. The van der Waals surface area contributed by atoms with Crippen LogP contribution in [0.25, 0.3) is 0 Å². The van der Waals surface area contributed by atoms with E-state index in [-0.39, 0.29) is 5.82 Å². The number of hydrogen-bond donors (Lipinski definition) is 2. The smallest absolute Gasteiger partial charge is 0.170 e. The third-order valence-corrected chi connectivity index (χ3v) is 6.05. The molecule has 0 spiro atoms. The fourth-order valence-corrected chi connectivity index (χ4v) is 4.79. The number of nitrogens with one attached hydrogen (secondary N) is 2. The summed E-state index contributed by atoms with van der Waals surface area (Å²) < 4.78 is 18.4. The number of ether oxygens (including phenoxy) is 1. The van der Waals surface area contributed by atoms with E-state index in [0.29, 0.717) is 23.2 Å². The summed E-state index contributed by atoms with van der Waals surface area (Å²) in [6, 6.07) is 16.2. The summed E-state index contributed by atoms with van der Waals surface area (Å²) in [5.41, 5.74) is 2.11. The maximum Gasteiger partial charge on any atom is 0.170 e. The molecule has 28 heavy (non-hydrogen) atoms. The van der Waals surface area contributed by atoms with Crippen LogP contribution in [0.4, 0.5) is 10.1 Å². The Bertz CT molecular complexity index is 815. The standard InChI is InChI=1S/C22H26FN3OS/c1-27-21-4-2-3-17(13-21)24-22(28)25-18-11-19-9-10-20(12-18)26(19)14-15-5-7-16(23)8-6-15/h2-8,13,18-20H,9-12,14H2,1H3,(H2,24,25,28)/t18?,19-,20+. The largest absolute Gasteiger partial charge is 0.497 e. The molecule has 0 amide bonds. The van der Waals surface area contributed by atoms with Crippen molar-refractivity contribution in [2.75, 3.05) is 12.4 Å². The Balaban J connectivity index is 1.32. The lowest BCUT2D eigenvalue weighted by molar-refractivity contribution is 0.115. The number of benzene rings is 2. The van der Waals surface area contributed by atoms with E-state index in [4.69, 9.17) is 17.0 Å². The molecule has 0 aliphatic carbocycles. The van der Waals surface area contributed by atoms with Gasteiger partial charge in [0, 0.05) is 36.4 Å². The van der Waals surface area contributed by atoms with Crippen LogP contribution in [0.1, 0.15) is 31.2 Å². The summed E-state index contributed by atoms with van der Waals surface area (Å²) in [6.45, 7) is 0.898. The molecule has 3 atom stereocenters. The van der Waals surface area contributed by atoms with E-state index >= 15 is 0 Å². The zero-order valence-electron chi connectivity index (χ0n) is 16.0. The van der Waals surface area contributed by atoms with Gasteiger partial charge >= 0.3 is 0 Å². The average molecular weight is 400 g/mol. The first-order chi connectivity index (χ1) is 13.6. The highest BCUT2D eigenvalue weighted by Crippen LogP contribution is 2.37. The molecule has 2 fully saturated rings. The summed E-state index contributed by atoms with van der Waals surface area (Å²) in [5.74, 6) is 0.631. The Labute approximate surface area is 171 Å². The molecule has 0 radical (unpaired) electrons. The zero-order chi connectivity index (χ0) is 19.5. The molecule has 2 aromatic rings. The number of piperidine rings is 1. The van der Waals surface area contributed by atoms with Crippen molar-refractivity contribution in [3.05, 3.63) is 59.9 Å². The van der Waals surface area contributed by atoms with Gasteiger partial charge in [0.25, 0.3) is 0 Å². The van der Waals surface area contributed by atoms with Crippen molar-refractivity contribution in [3.63, 3.8) is 0 Å². The molecular formula is C22H26FN3OS. The van der Waals surface area contributed by atoms with Crippen molar-refractivity contribution in [3.8, 4) is 5.75 Å². The molecule has 2 aliphatic heterocycles. The second-order valence-electron chi connectivity index (χ2n) is 7.68. The molecule has 1 unspecified atom stereocenters. The molecule has 4 rings (SSSR count). The molecule has 2 bridgehead atoms. The summed E-state index contributed by atoms with van der Waals surface area (Å²) in [5, 5.41) is 7.42. The van der Waals surface area contributed by atoms with Crippen LogP contribution < -0.4 is 15.4 Å². The van der Waals surface area contributed by atoms with E-state index in [0.717, 1.165) is 30.8 Å². The van der Waals surface area contributed by atoms with Crippen molar-refractivity contribution in [2.45, 2.75) is 50.4 Å². The maximum absolute atomic E-state index is 13.2. The van der Waals surface area contributed by atoms with Gasteiger partial charge < -0.3 is 15.4 Å². The SMILES string of the molecule is COc1cccc(NC(=S)NC2C[C@H]3CC[C@@H](C2)N3Cc2ccc(F)cc2)c1. The molecule has 2 aromatic carbocycles. The summed E-state index contributed by atoms with van der Waals surface area (Å²) in [4.78, 5) is 2.59. The molecule has 6 heteroatoms. The van der Waals surface area contributed by atoms with Crippen molar-refractivity contribution in [1.29, 1.82) is 0 Å². The number of halogens is 1. The molecule has 148 valence electrons. The number of hydrogen-bond acceptors (Lipinski definition) is 3. The number of nitrogens with zero attached hydrogens (tertiary/aromatic N) is 1. The zero-order valence-corrected chi connectivity index (χ0v) is 16.8. The first kappa shape index (κ1) is 19.2. The Morgan fingerprint density at radius 1 is 1.14 bits per heavy atom. The number of fused-ring (bicyclic) bond motifs is 2. The quantitative estimate of drug-likeness (QED) is 0.733. The third-order valence-electron chi connectivity index (χ3n) is 5.83. The normalized spacial score (nSPS) is 24.0. The Morgan fingerprint density at radius 2 is 1.86 bits per heavy atom. The van der Waals surface area contributed by atoms with Crippen molar-refractivity contribution < 1.29 is 9.13 Å². The monoisotopic (exact) mass is 399 g/mol. The Hall–Kier alpha value is -2.18. The lowest BCUT2D eigenvalue weighted by Gasteiger charge is -2.39. The number of methoxy groups -OCH3 is 1. The molecule has 2 aliphatic rings. The van der Waals surface area contributed by atoms with Gasteiger partial charge in [0.15, 0.2) is 5.11 Å². The second kappa shape index (κ2) is 8.45. The maximum atomic E-state index is 13.2. The van der Waals surface area contributed by atoms with Crippen LogP contribution in [-0.4, -0.2) is 35.2 Å². The van der Waals surface area contributed by atoms with Gasteiger partial charge in [-0.15, -0.1) is 0 Å². The number of anilines is 1. The van der Waals surface area contributed by atoms with Crippen LogP contribution in [0.15, 0.2) is 48.5 Å². The van der Waals surface area contributed by atoms with E-state index in [1.165, 1.54) is 18.4 Å². The average Bonchev–Trinajstić information content (AvgIpc) is 2.92. The minimum absolute atomic E-state index is 0.174. The molecule has 0 saturated carbocycles. The highest BCUT2D eigenvalue weighted by molar-refractivity contribution is 7.80. The van der Waals surface area contributed by atoms with E-state index in [1.54, 1.807) is 19.2 Å². The van der Waals surface area contributed by atoms with Gasteiger partial charge in [-0.2, -0.15) is 0 Å². The van der Waals surface area contributed by atoms with Gasteiger partial charge in [-0.25, -0.2) is 4.39 Å². The van der Waals surface area contributed by atoms with Crippen molar-refractivity contribution in [1.82, 2.24) is 10.2 Å². The minimum atomic E-state index is -0.174. The van der Waals surface area contributed by atoms with Gasteiger partial charge in [0.05, 0.1) is 7.11 Å². The van der Waals surface area contributed by atoms with Crippen LogP contribution in [0.3, 0.4) is 0 Å². The summed E-state index contributed by atoms with van der Waals surface area (Å²) in [7, 11) is 1.66. The predicted molar refractivity (Wildman–Crippen MR) is 114 cm³/mol. The van der Waals surface area contributed by atoms with Gasteiger partial charge in [-0.1, -0.05) is 18.2 Å². The van der Waals surface area contributed by atoms with E-state index < -0.39 is 0 Å². The molecule has 2 saturated heterocycles. The number of rotatable bonds is 5. The van der Waals surface area contributed by atoms with Gasteiger partial charge in [-0.3, -0.25) is 4.90 Å². The van der Waals surface area contributed by atoms with E-state index in [2.05, 4.69) is 15.5 Å². The highest BCUT2D eigenvalue weighted by Gasteiger charge is 2.40. The molecule has 0 aromatic heterocycles. The fourth-order valence-electron chi connectivity index (χ4n) is 4.50. The Morgan fingerprint density at radius 3 is 2.54 bits per heavy atom. The first-order valence-electron chi connectivity index (χ1n) is 9.82. The lowest BCUT2D eigenvalue weighted by atomic mass is 9.96. The van der Waals surface area contributed by atoms with E-state index in [1.807, 2.05) is 36.4 Å². The predicted octanol–water partition coefficient (Wildman–Crippen LogP) is 4.32. The second-order valence-corrected chi connectivity index (χ2v) is 8.09. The van der Waals surface area contributed by atoms with Gasteiger partial charge in [-0.05, 0) is 67.7 Å². The lowest BCUT2D eigenvalue weighted by Crippen LogP contribution is -2.50.